The van der Waals surface area contributed by atoms with E-state index in [2.05, 4.69) is 182 Å². The first-order valence-electron chi connectivity index (χ1n) is 13.0. The molecule has 0 atom stereocenters. The molecule has 3 heteroatoms. The molecule has 0 aliphatic heterocycles. The van der Waals surface area contributed by atoms with Crippen LogP contribution in [0.3, 0.4) is 0 Å². The first-order valence-corrected chi connectivity index (χ1v) is 16.0. The van der Waals surface area contributed by atoms with E-state index in [1.54, 1.807) is 0 Å². The minimum Gasteiger partial charge on any atom is -0.0620 e. The van der Waals surface area contributed by atoms with Crippen LogP contribution in [0.2, 0.25) is 0 Å². The molecule has 0 saturated heterocycles. The Hall–Kier alpha value is -3.17. The van der Waals surface area contributed by atoms with E-state index in [0.29, 0.717) is 0 Å². The van der Waals surface area contributed by atoms with E-state index in [4.69, 9.17) is 0 Å². The van der Waals surface area contributed by atoms with Crippen LogP contribution in [0.15, 0.2) is 182 Å². The summed E-state index contributed by atoms with van der Waals surface area (Å²) >= 11 is 0. The average Bonchev–Trinajstić information content (AvgIpc) is 3.01. The fraction of sp³-hybridized carbons (Fsp3) is 0. The van der Waals surface area contributed by atoms with Crippen LogP contribution in [0.5, 0.6) is 0 Å². The summed E-state index contributed by atoms with van der Waals surface area (Å²) in [6.45, 7) is 0. The molecule has 6 aromatic rings. The van der Waals surface area contributed by atoms with Crippen molar-refractivity contribution in [1.29, 1.82) is 0 Å². The average molecular weight is 719 g/mol. The first kappa shape index (κ1) is 28.8. The van der Waals surface area contributed by atoms with Crippen molar-refractivity contribution in [2.24, 2.45) is 0 Å². The summed E-state index contributed by atoms with van der Waals surface area (Å²) in [4.78, 5) is 0. The second-order valence-electron chi connectivity index (χ2n) is 8.95. The van der Waals surface area contributed by atoms with Crippen molar-refractivity contribution in [3.63, 3.8) is 0 Å². The fourth-order valence-electron chi connectivity index (χ4n) is 4.63. The van der Waals surface area contributed by atoms with E-state index >= 15 is 0 Å². The molecule has 39 heavy (non-hydrogen) atoms. The topological polar surface area (TPSA) is 0 Å². The molecule has 0 spiro atoms. The molecule has 0 unspecified atom stereocenters. The summed E-state index contributed by atoms with van der Waals surface area (Å²) in [7, 11) is -1.75. The molecule has 0 amide bonds. The molecule has 6 rings (SSSR count). The molecule has 193 valence electrons. The molecule has 0 N–H and O–H groups in total. The maximum atomic E-state index is 2.24. The minimum atomic E-state index is -0.877. The molecule has 6 aromatic carbocycles. The van der Waals surface area contributed by atoms with Gasteiger partial charge in [-0.3, -0.25) is 0 Å². The van der Waals surface area contributed by atoms with Gasteiger partial charge in [-0.2, -0.15) is 0 Å². The van der Waals surface area contributed by atoms with Gasteiger partial charge in [0.25, 0.3) is 0 Å². The second kappa shape index (κ2) is 15.4. The largest absolute Gasteiger partial charge is 0.102 e. The van der Waals surface area contributed by atoms with Crippen molar-refractivity contribution in [2.75, 3.05) is 0 Å². The Balaban J connectivity index is 0.000000176. The Morgan fingerprint density at radius 1 is 0.205 bits per heavy atom. The van der Waals surface area contributed by atoms with Crippen LogP contribution in [0.25, 0.3) is 0 Å². The van der Waals surface area contributed by atoms with Crippen LogP contribution in [-0.2, 0) is 20.1 Å². The molecule has 1 radical (unpaired) electrons. The zero-order valence-corrected chi connectivity index (χ0v) is 26.0. The monoisotopic (exact) mass is 719 g/mol. The van der Waals surface area contributed by atoms with Crippen LogP contribution in [0, 0.1) is 0 Å². The van der Waals surface area contributed by atoms with Crippen LogP contribution < -0.4 is 31.8 Å². The molecular formula is C36H32IrP2+2. The quantitative estimate of drug-likeness (QED) is 0.176. The number of hydrogen-bond donors (Lipinski definition) is 0. The number of benzene rings is 6. The Morgan fingerprint density at radius 3 is 0.462 bits per heavy atom. The molecule has 0 heterocycles. The van der Waals surface area contributed by atoms with Gasteiger partial charge in [-0.1, -0.05) is 109 Å². The SMILES string of the molecule is [Ir].c1ccc([PH+](c2ccccc2)c2ccccc2)cc1.c1ccc([PH+](c2ccccc2)c2ccccc2)cc1. The predicted octanol–water partition coefficient (Wildman–Crippen LogP) is 6.35. The van der Waals surface area contributed by atoms with Crippen molar-refractivity contribution in [3.05, 3.63) is 182 Å². The third-order valence-corrected chi connectivity index (χ3v) is 11.8. The van der Waals surface area contributed by atoms with Gasteiger partial charge in [-0.05, 0) is 72.8 Å². The van der Waals surface area contributed by atoms with E-state index in [9.17, 15) is 0 Å². The van der Waals surface area contributed by atoms with E-state index in [0.717, 1.165) is 0 Å². The van der Waals surface area contributed by atoms with Gasteiger partial charge in [0.1, 0.15) is 31.8 Å². The maximum Gasteiger partial charge on any atom is 0.102 e. The second-order valence-corrected chi connectivity index (χ2v) is 13.9. The number of rotatable bonds is 6. The van der Waals surface area contributed by atoms with Crippen LogP contribution in [0.1, 0.15) is 0 Å². The Labute approximate surface area is 248 Å². The molecular weight excluding hydrogens is 687 g/mol. The van der Waals surface area contributed by atoms with E-state index < -0.39 is 15.8 Å². The zero-order chi connectivity index (χ0) is 25.8. The molecule has 0 nitrogen and oxygen atoms in total. The van der Waals surface area contributed by atoms with E-state index in [-0.39, 0.29) is 20.1 Å². The van der Waals surface area contributed by atoms with Crippen molar-refractivity contribution >= 4 is 47.7 Å². The Morgan fingerprint density at radius 2 is 0.333 bits per heavy atom. The van der Waals surface area contributed by atoms with Gasteiger partial charge in [0.15, 0.2) is 0 Å². The standard InChI is InChI=1S/2C18H15P.Ir/c2*1-4-10-16(11-5-1)19(17-12-6-2-7-13-17)18-14-8-3-9-15-18;/h2*1-15H;/p+2. The Bertz CT molecular complexity index is 1170. The van der Waals surface area contributed by atoms with Gasteiger partial charge >= 0.3 is 0 Å². The van der Waals surface area contributed by atoms with E-state index in [1.807, 2.05) is 0 Å². The van der Waals surface area contributed by atoms with Gasteiger partial charge in [-0.25, -0.2) is 0 Å². The zero-order valence-electron chi connectivity index (χ0n) is 21.7. The molecule has 0 fully saturated rings. The van der Waals surface area contributed by atoms with Crippen molar-refractivity contribution < 1.29 is 20.1 Å². The predicted molar refractivity (Wildman–Crippen MR) is 173 cm³/mol. The van der Waals surface area contributed by atoms with Crippen molar-refractivity contribution in [1.82, 2.24) is 0 Å². The molecule has 0 aliphatic carbocycles. The van der Waals surface area contributed by atoms with Crippen molar-refractivity contribution in [2.45, 2.75) is 0 Å². The van der Waals surface area contributed by atoms with Gasteiger partial charge in [-0.15, -0.1) is 0 Å². The van der Waals surface area contributed by atoms with Gasteiger partial charge in [0, 0.05) is 20.1 Å². The van der Waals surface area contributed by atoms with Crippen molar-refractivity contribution in [3.8, 4) is 0 Å². The maximum absolute atomic E-state index is 2.24. The summed E-state index contributed by atoms with van der Waals surface area (Å²) in [5, 5.41) is 8.61. The van der Waals surface area contributed by atoms with Crippen LogP contribution in [0.4, 0.5) is 0 Å². The first-order chi connectivity index (χ1) is 18.9. The summed E-state index contributed by atoms with van der Waals surface area (Å²) in [5.41, 5.74) is 0. The summed E-state index contributed by atoms with van der Waals surface area (Å²) in [5.74, 6) is 0. The van der Waals surface area contributed by atoms with Crippen LogP contribution >= 0.6 is 15.8 Å². The van der Waals surface area contributed by atoms with Gasteiger partial charge in [0.2, 0.25) is 0 Å². The van der Waals surface area contributed by atoms with E-state index in [1.165, 1.54) is 31.8 Å². The summed E-state index contributed by atoms with van der Waals surface area (Å²) in [6, 6.07) is 65.0. The van der Waals surface area contributed by atoms with Crippen LogP contribution in [-0.4, -0.2) is 0 Å². The molecule has 0 bridgehead atoms. The Kier molecular flexibility index (Phi) is 11.4. The molecule has 0 saturated carbocycles. The third kappa shape index (κ3) is 7.92. The number of hydrogen-bond acceptors (Lipinski definition) is 0. The molecule has 0 aliphatic rings. The fourth-order valence-corrected chi connectivity index (χ4v) is 9.78. The summed E-state index contributed by atoms with van der Waals surface area (Å²) in [6.07, 6.45) is 0. The smallest absolute Gasteiger partial charge is 0.0620 e. The third-order valence-electron chi connectivity index (χ3n) is 6.37. The normalized spacial score (nSPS) is 10.3. The van der Waals surface area contributed by atoms with Gasteiger partial charge < -0.3 is 0 Å². The summed E-state index contributed by atoms with van der Waals surface area (Å²) < 4.78 is 0. The molecule has 0 aromatic heterocycles. The minimum absolute atomic E-state index is 0. The van der Waals surface area contributed by atoms with Gasteiger partial charge in [0.05, 0.1) is 15.8 Å².